The average molecular weight is 295 g/mol. The summed E-state index contributed by atoms with van der Waals surface area (Å²) in [5.74, 6) is -1.06. The Balaban J connectivity index is 1.92. The van der Waals surface area contributed by atoms with E-state index in [4.69, 9.17) is 0 Å². The number of urea groups is 1. The maximum absolute atomic E-state index is 12.2. The summed E-state index contributed by atoms with van der Waals surface area (Å²) in [6.45, 7) is 1.75. The van der Waals surface area contributed by atoms with E-state index in [1.165, 1.54) is 6.33 Å². The first-order valence-electron chi connectivity index (χ1n) is 7.02. The van der Waals surface area contributed by atoms with Crippen LogP contribution in [0.5, 0.6) is 0 Å². The summed E-state index contributed by atoms with van der Waals surface area (Å²) in [7, 11) is 1.71. The van der Waals surface area contributed by atoms with Crippen LogP contribution >= 0.6 is 0 Å². The number of carbonyl (C=O) groups is 2. The molecule has 2 amide bonds. The molecular formula is C13H21N5O3. The summed E-state index contributed by atoms with van der Waals surface area (Å²) in [5.41, 5.74) is 0.673. The van der Waals surface area contributed by atoms with Gasteiger partial charge in [-0.15, -0.1) is 0 Å². The maximum atomic E-state index is 12.2. The maximum Gasteiger partial charge on any atom is 0.326 e. The van der Waals surface area contributed by atoms with E-state index in [1.54, 1.807) is 18.1 Å². The zero-order valence-corrected chi connectivity index (χ0v) is 12.0. The number of rotatable bonds is 5. The Morgan fingerprint density at radius 2 is 2.24 bits per heavy atom. The lowest BCUT2D eigenvalue weighted by Gasteiger charge is -2.32. The quantitative estimate of drug-likeness (QED) is 0.601. The van der Waals surface area contributed by atoms with Gasteiger partial charge in [-0.2, -0.15) is 0 Å². The van der Waals surface area contributed by atoms with Gasteiger partial charge in [0.1, 0.15) is 6.04 Å². The average Bonchev–Trinajstić information content (AvgIpc) is 2.99. The Morgan fingerprint density at radius 3 is 2.81 bits per heavy atom. The molecule has 0 aromatic carbocycles. The molecule has 1 aliphatic rings. The normalized spacial score (nSPS) is 17.2. The van der Waals surface area contributed by atoms with E-state index in [2.05, 4.69) is 20.6 Å². The third kappa shape index (κ3) is 4.19. The van der Waals surface area contributed by atoms with Crippen LogP contribution < -0.4 is 10.6 Å². The van der Waals surface area contributed by atoms with Gasteiger partial charge < -0.3 is 25.6 Å². The SMILES string of the molecule is CN(C(=O)N[C@H](Cc1cnc[nH]1)C(=O)O)C1CCNCC1. The summed E-state index contributed by atoms with van der Waals surface area (Å²) in [6.07, 6.45) is 4.97. The van der Waals surface area contributed by atoms with Gasteiger partial charge >= 0.3 is 12.0 Å². The first kappa shape index (κ1) is 15.3. The van der Waals surface area contributed by atoms with Crippen LogP contribution in [0.2, 0.25) is 0 Å². The van der Waals surface area contributed by atoms with Crippen LogP contribution in [-0.4, -0.2) is 64.2 Å². The van der Waals surface area contributed by atoms with Crippen LogP contribution in [0, 0.1) is 0 Å². The summed E-state index contributed by atoms with van der Waals surface area (Å²) >= 11 is 0. The topological polar surface area (TPSA) is 110 Å². The summed E-state index contributed by atoms with van der Waals surface area (Å²) in [5, 5.41) is 15.0. The minimum absolute atomic E-state index is 0.146. The number of hydrogen-bond donors (Lipinski definition) is 4. The molecule has 0 aliphatic carbocycles. The van der Waals surface area contributed by atoms with Gasteiger partial charge in [-0.3, -0.25) is 0 Å². The van der Waals surface area contributed by atoms with Gasteiger partial charge in [0.25, 0.3) is 0 Å². The number of imidazole rings is 1. The Hall–Kier alpha value is -2.09. The molecule has 2 rings (SSSR count). The zero-order chi connectivity index (χ0) is 15.2. The smallest absolute Gasteiger partial charge is 0.326 e. The standard InChI is InChI=1S/C13H21N5O3/c1-18(10-2-4-14-5-3-10)13(21)17-11(12(19)20)6-9-7-15-8-16-9/h7-8,10-11,14H,2-6H2,1H3,(H,15,16)(H,17,21)(H,19,20)/t11-/m1/s1. The summed E-state index contributed by atoms with van der Waals surface area (Å²) in [4.78, 5) is 31.8. The van der Waals surface area contributed by atoms with Gasteiger partial charge in [-0.05, 0) is 25.9 Å². The predicted molar refractivity (Wildman–Crippen MR) is 75.9 cm³/mol. The fourth-order valence-electron chi connectivity index (χ4n) is 2.43. The predicted octanol–water partition coefficient (Wildman–Crippen LogP) is -0.201. The molecule has 1 aromatic heterocycles. The highest BCUT2D eigenvalue weighted by molar-refractivity contribution is 5.82. The van der Waals surface area contributed by atoms with Crippen LogP contribution in [0.25, 0.3) is 0 Å². The van der Waals surface area contributed by atoms with Crippen LogP contribution in [-0.2, 0) is 11.2 Å². The molecule has 0 saturated carbocycles. The van der Waals surface area contributed by atoms with Crippen molar-refractivity contribution in [3.05, 3.63) is 18.2 Å². The second kappa shape index (κ2) is 7.07. The number of aliphatic carboxylic acids is 1. The Labute approximate surface area is 122 Å². The lowest BCUT2D eigenvalue weighted by Crippen LogP contribution is -2.52. The highest BCUT2D eigenvalue weighted by atomic mass is 16.4. The van der Waals surface area contributed by atoms with E-state index in [0.717, 1.165) is 25.9 Å². The molecule has 1 saturated heterocycles. The Kier molecular flexibility index (Phi) is 5.15. The van der Waals surface area contributed by atoms with Crippen molar-refractivity contribution in [1.82, 2.24) is 25.5 Å². The van der Waals surface area contributed by atoms with E-state index in [1.807, 2.05) is 0 Å². The second-order valence-electron chi connectivity index (χ2n) is 5.21. The minimum Gasteiger partial charge on any atom is -0.480 e. The van der Waals surface area contributed by atoms with Crippen molar-refractivity contribution in [3.8, 4) is 0 Å². The lowest BCUT2D eigenvalue weighted by molar-refractivity contribution is -0.139. The van der Waals surface area contributed by atoms with Crippen molar-refractivity contribution in [2.24, 2.45) is 0 Å². The highest BCUT2D eigenvalue weighted by Gasteiger charge is 2.26. The molecule has 116 valence electrons. The van der Waals surface area contributed by atoms with Crippen LogP contribution in [0.15, 0.2) is 12.5 Å². The fraction of sp³-hybridized carbons (Fsp3) is 0.615. The Morgan fingerprint density at radius 1 is 1.52 bits per heavy atom. The number of aromatic nitrogens is 2. The molecule has 2 heterocycles. The van der Waals surface area contributed by atoms with Crippen LogP contribution in [0.1, 0.15) is 18.5 Å². The molecule has 4 N–H and O–H groups in total. The fourth-order valence-corrected chi connectivity index (χ4v) is 2.43. The molecule has 0 radical (unpaired) electrons. The van der Waals surface area contributed by atoms with E-state index in [9.17, 15) is 14.7 Å². The molecule has 0 bridgehead atoms. The number of amides is 2. The molecule has 21 heavy (non-hydrogen) atoms. The zero-order valence-electron chi connectivity index (χ0n) is 12.0. The summed E-state index contributed by atoms with van der Waals surface area (Å²) in [6, 6.07) is -1.18. The highest BCUT2D eigenvalue weighted by Crippen LogP contribution is 2.10. The summed E-state index contributed by atoms with van der Waals surface area (Å²) < 4.78 is 0. The van der Waals surface area contributed by atoms with Crippen molar-refractivity contribution in [1.29, 1.82) is 0 Å². The molecular weight excluding hydrogens is 274 g/mol. The number of carboxylic acid groups (broad SMARTS) is 1. The van der Waals surface area contributed by atoms with Crippen molar-refractivity contribution >= 4 is 12.0 Å². The van der Waals surface area contributed by atoms with Crippen LogP contribution in [0.4, 0.5) is 4.79 Å². The van der Waals surface area contributed by atoms with Crippen molar-refractivity contribution in [2.75, 3.05) is 20.1 Å². The number of piperidine rings is 1. The van der Waals surface area contributed by atoms with Crippen molar-refractivity contribution < 1.29 is 14.7 Å². The number of nitrogens with one attached hydrogen (secondary N) is 3. The molecule has 0 spiro atoms. The number of nitrogens with zero attached hydrogens (tertiary/aromatic N) is 2. The molecule has 1 aromatic rings. The lowest BCUT2D eigenvalue weighted by atomic mass is 10.1. The van der Waals surface area contributed by atoms with Crippen LogP contribution in [0.3, 0.4) is 0 Å². The third-order valence-electron chi connectivity index (χ3n) is 3.75. The van der Waals surface area contributed by atoms with E-state index in [-0.39, 0.29) is 18.5 Å². The van der Waals surface area contributed by atoms with E-state index < -0.39 is 12.0 Å². The monoisotopic (exact) mass is 295 g/mol. The Bertz CT molecular complexity index is 470. The minimum atomic E-state index is -1.06. The molecule has 8 nitrogen and oxygen atoms in total. The number of H-pyrrole nitrogens is 1. The second-order valence-corrected chi connectivity index (χ2v) is 5.21. The van der Waals surface area contributed by atoms with E-state index >= 15 is 0 Å². The molecule has 1 atom stereocenters. The molecule has 1 aliphatic heterocycles. The van der Waals surface area contributed by atoms with Gasteiger partial charge in [-0.1, -0.05) is 0 Å². The van der Waals surface area contributed by atoms with Crippen molar-refractivity contribution in [2.45, 2.75) is 31.3 Å². The number of hydrogen-bond acceptors (Lipinski definition) is 4. The number of aromatic amines is 1. The van der Waals surface area contributed by atoms with Gasteiger partial charge in [-0.25, -0.2) is 14.6 Å². The van der Waals surface area contributed by atoms with Gasteiger partial charge in [0, 0.05) is 31.4 Å². The third-order valence-corrected chi connectivity index (χ3v) is 3.75. The van der Waals surface area contributed by atoms with Gasteiger partial charge in [0.05, 0.1) is 6.33 Å². The van der Waals surface area contributed by atoms with E-state index in [0.29, 0.717) is 5.69 Å². The number of carboxylic acids is 1. The molecule has 0 unspecified atom stereocenters. The van der Waals surface area contributed by atoms with Gasteiger partial charge in [0.15, 0.2) is 0 Å². The first-order chi connectivity index (χ1) is 10.1. The van der Waals surface area contributed by atoms with Crippen molar-refractivity contribution in [3.63, 3.8) is 0 Å². The molecule has 1 fully saturated rings. The molecule has 8 heteroatoms. The van der Waals surface area contributed by atoms with Gasteiger partial charge in [0.2, 0.25) is 0 Å². The number of carbonyl (C=O) groups excluding carboxylic acids is 1. The first-order valence-corrected chi connectivity index (χ1v) is 7.02. The largest absolute Gasteiger partial charge is 0.480 e.